The lowest BCUT2D eigenvalue weighted by atomic mass is 10.1. The quantitative estimate of drug-likeness (QED) is 0.551. The van der Waals surface area contributed by atoms with E-state index in [2.05, 4.69) is 10.3 Å². The standard InChI is InChI=1S/C19H19F4N3O2S/c1-28-17-13(4-3-12(20)16(17)21)26-9-10(18(22)23)7-14(26)19(27)25-11-5-6-24-15(8-11)29-2/h3-6,8,10,14,18H,7,9H2,1-2H3,(H,24,25,27). The molecule has 1 N–H and O–H groups in total. The zero-order valence-corrected chi connectivity index (χ0v) is 16.5. The number of hydrogen-bond acceptors (Lipinski definition) is 5. The van der Waals surface area contributed by atoms with Crippen LogP contribution in [0.5, 0.6) is 5.75 Å². The number of anilines is 2. The number of aromatic nitrogens is 1. The van der Waals surface area contributed by atoms with Crippen LogP contribution >= 0.6 is 11.8 Å². The molecule has 1 aliphatic rings. The topological polar surface area (TPSA) is 54.5 Å². The zero-order chi connectivity index (χ0) is 21.1. The molecule has 0 spiro atoms. The summed E-state index contributed by atoms with van der Waals surface area (Å²) in [5, 5.41) is 3.37. The Hall–Kier alpha value is -2.49. The molecule has 156 valence electrons. The van der Waals surface area contributed by atoms with Gasteiger partial charge in [0, 0.05) is 24.3 Å². The number of carbonyl (C=O) groups is 1. The summed E-state index contributed by atoms with van der Waals surface area (Å²) in [7, 11) is 1.15. The molecular formula is C19H19F4N3O2S. The van der Waals surface area contributed by atoms with Gasteiger partial charge < -0.3 is 15.0 Å². The van der Waals surface area contributed by atoms with Gasteiger partial charge >= 0.3 is 0 Å². The van der Waals surface area contributed by atoms with Gasteiger partial charge in [0.1, 0.15) is 6.04 Å². The first-order chi connectivity index (χ1) is 13.8. The number of thioether (sulfide) groups is 1. The summed E-state index contributed by atoms with van der Waals surface area (Å²) >= 11 is 1.39. The minimum atomic E-state index is -2.66. The van der Waals surface area contributed by atoms with Gasteiger partial charge in [-0.3, -0.25) is 4.79 Å². The molecule has 29 heavy (non-hydrogen) atoms. The highest BCUT2D eigenvalue weighted by molar-refractivity contribution is 7.98. The number of nitrogens with zero attached hydrogens (tertiary/aromatic N) is 2. The second-order valence-corrected chi connectivity index (χ2v) is 7.31. The number of ether oxygens (including phenoxy) is 1. The molecule has 0 aliphatic carbocycles. The second-order valence-electron chi connectivity index (χ2n) is 6.49. The van der Waals surface area contributed by atoms with Crippen LogP contribution < -0.4 is 15.0 Å². The number of rotatable bonds is 6. The van der Waals surface area contributed by atoms with Crippen molar-refractivity contribution < 1.29 is 27.1 Å². The maximum absolute atomic E-state index is 14.1. The van der Waals surface area contributed by atoms with E-state index in [0.29, 0.717) is 10.7 Å². The van der Waals surface area contributed by atoms with Crippen molar-refractivity contribution >= 4 is 29.0 Å². The Morgan fingerprint density at radius 1 is 1.34 bits per heavy atom. The smallest absolute Gasteiger partial charge is 0.247 e. The third-order valence-corrected chi connectivity index (χ3v) is 5.39. The number of hydrogen-bond donors (Lipinski definition) is 1. The third-order valence-electron chi connectivity index (χ3n) is 4.75. The van der Waals surface area contributed by atoms with Gasteiger partial charge in [0.25, 0.3) is 0 Å². The molecule has 2 heterocycles. The Bertz CT molecular complexity index is 900. The number of carbonyl (C=O) groups excluding carboxylic acids is 1. The van der Waals surface area contributed by atoms with Gasteiger partial charge in [0.15, 0.2) is 11.6 Å². The molecule has 0 radical (unpaired) electrons. The van der Waals surface area contributed by atoms with Gasteiger partial charge in [-0.25, -0.2) is 18.2 Å². The molecule has 1 fully saturated rings. The van der Waals surface area contributed by atoms with E-state index in [0.717, 1.165) is 13.2 Å². The van der Waals surface area contributed by atoms with Crippen molar-refractivity contribution in [2.75, 3.05) is 30.1 Å². The lowest BCUT2D eigenvalue weighted by Gasteiger charge is -2.27. The largest absolute Gasteiger partial charge is 0.491 e. The molecule has 2 atom stereocenters. The first-order valence-electron chi connectivity index (χ1n) is 8.73. The van der Waals surface area contributed by atoms with E-state index >= 15 is 0 Å². The summed E-state index contributed by atoms with van der Waals surface area (Å²) in [6.07, 6.45) is 0.561. The van der Waals surface area contributed by atoms with Crippen molar-refractivity contribution in [3.8, 4) is 5.75 Å². The van der Waals surface area contributed by atoms with Crippen molar-refractivity contribution in [3.63, 3.8) is 0 Å². The molecule has 2 aromatic rings. The molecule has 5 nitrogen and oxygen atoms in total. The van der Waals surface area contributed by atoms with Crippen molar-refractivity contribution in [2.24, 2.45) is 5.92 Å². The molecule has 1 saturated heterocycles. The van der Waals surface area contributed by atoms with Gasteiger partial charge in [0.05, 0.1) is 17.8 Å². The number of amides is 1. The molecule has 1 aliphatic heterocycles. The SMILES string of the molecule is COc1c(N2CC(C(F)F)CC2C(=O)Nc2ccnc(SC)c2)ccc(F)c1F. The van der Waals surface area contributed by atoms with Crippen LogP contribution in [-0.2, 0) is 4.79 Å². The summed E-state index contributed by atoms with van der Waals surface area (Å²) in [5.74, 6) is -4.41. The molecule has 1 aromatic carbocycles. The molecule has 0 saturated carbocycles. The minimum absolute atomic E-state index is 0.0502. The summed E-state index contributed by atoms with van der Waals surface area (Å²) in [5.41, 5.74) is 0.515. The van der Waals surface area contributed by atoms with Crippen molar-refractivity contribution in [1.29, 1.82) is 0 Å². The van der Waals surface area contributed by atoms with Gasteiger partial charge in [-0.2, -0.15) is 4.39 Å². The van der Waals surface area contributed by atoms with Gasteiger partial charge in [-0.15, -0.1) is 11.8 Å². The average Bonchev–Trinajstić information content (AvgIpc) is 3.15. The van der Waals surface area contributed by atoms with Crippen molar-refractivity contribution in [2.45, 2.75) is 23.9 Å². The third kappa shape index (κ3) is 4.42. The van der Waals surface area contributed by atoms with E-state index in [9.17, 15) is 22.4 Å². The fraction of sp³-hybridized carbons (Fsp3) is 0.368. The second kappa shape index (κ2) is 8.89. The first kappa shape index (κ1) is 21.2. The summed E-state index contributed by atoms with van der Waals surface area (Å²) in [6, 6.07) is 4.35. The lowest BCUT2D eigenvalue weighted by molar-refractivity contribution is -0.117. The highest BCUT2D eigenvalue weighted by Gasteiger charge is 2.42. The number of methoxy groups -OCH3 is 1. The molecule has 3 rings (SSSR count). The van der Waals surface area contributed by atoms with E-state index < -0.39 is 41.7 Å². The zero-order valence-electron chi connectivity index (χ0n) is 15.7. The van der Waals surface area contributed by atoms with Crippen LogP contribution in [0.2, 0.25) is 0 Å². The minimum Gasteiger partial charge on any atom is -0.491 e. The number of nitrogens with one attached hydrogen (secondary N) is 1. The highest BCUT2D eigenvalue weighted by atomic mass is 32.2. The summed E-state index contributed by atoms with van der Waals surface area (Å²) in [4.78, 5) is 18.3. The fourth-order valence-electron chi connectivity index (χ4n) is 3.33. The van der Waals surface area contributed by atoms with Gasteiger partial charge in [0.2, 0.25) is 18.1 Å². The van der Waals surface area contributed by atoms with Crippen LogP contribution in [0, 0.1) is 17.6 Å². The molecule has 1 amide bonds. The van der Waals surface area contributed by atoms with Crippen LogP contribution in [0.1, 0.15) is 6.42 Å². The molecular weight excluding hydrogens is 410 g/mol. The number of alkyl halides is 2. The highest BCUT2D eigenvalue weighted by Crippen LogP contribution is 2.39. The summed E-state index contributed by atoms with van der Waals surface area (Å²) < 4.78 is 59.4. The van der Waals surface area contributed by atoms with E-state index in [-0.39, 0.29) is 18.7 Å². The number of benzene rings is 1. The van der Waals surface area contributed by atoms with Crippen molar-refractivity contribution in [3.05, 3.63) is 42.1 Å². The van der Waals surface area contributed by atoms with E-state index in [4.69, 9.17) is 4.74 Å². The van der Waals surface area contributed by atoms with Crippen LogP contribution in [0.25, 0.3) is 0 Å². The van der Waals surface area contributed by atoms with Crippen LogP contribution in [-0.4, -0.2) is 43.3 Å². The Kier molecular flexibility index (Phi) is 6.51. The average molecular weight is 429 g/mol. The number of pyridine rings is 1. The molecule has 10 heteroatoms. The molecule has 2 unspecified atom stereocenters. The lowest BCUT2D eigenvalue weighted by Crippen LogP contribution is -2.40. The Morgan fingerprint density at radius 3 is 2.76 bits per heavy atom. The molecule has 0 bridgehead atoms. The monoisotopic (exact) mass is 429 g/mol. The van der Waals surface area contributed by atoms with E-state index in [1.807, 2.05) is 6.26 Å². The van der Waals surface area contributed by atoms with Crippen LogP contribution in [0.3, 0.4) is 0 Å². The van der Waals surface area contributed by atoms with Crippen LogP contribution in [0.4, 0.5) is 28.9 Å². The maximum Gasteiger partial charge on any atom is 0.247 e. The number of halogens is 4. The summed E-state index contributed by atoms with van der Waals surface area (Å²) in [6.45, 7) is -0.191. The Balaban J connectivity index is 1.92. The predicted molar refractivity (Wildman–Crippen MR) is 103 cm³/mol. The Labute approximate surface area is 169 Å². The van der Waals surface area contributed by atoms with E-state index in [1.54, 1.807) is 12.1 Å². The first-order valence-corrected chi connectivity index (χ1v) is 9.95. The predicted octanol–water partition coefficient (Wildman–Crippen LogP) is 4.19. The van der Waals surface area contributed by atoms with E-state index in [1.165, 1.54) is 28.9 Å². The van der Waals surface area contributed by atoms with Gasteiger partial charge in [-0.05, 0) is 36.9 Å². The normalized spacial score (nSPS) is 18.9. The van der Waals surface area contributed by atoms with Crippen LogP contribution in [0.15, 0.2) is 35.5 Å². The molecule has 1 aromatic heterocycles. The maximum atomic E-state index is 14.1. The fourth-order valence-corrected chi connectivity index (χ4v) is 3.74. The Morgan fingerprint density at radius 2 is 2.10 bits per heavy atom. The van der Waals surface area contributed by atoms with Gasteiger partial charge in [-0.1, -0.05) is 0 Å². The van der Waals surface area contributed by atoms with Crippen molar-refractivity contribution in [1.82, 2.24) is 4.98 Å².